The van der Waals surface area contributed by atoms with Gasteiger partial charge in [0.25, 0.3) is 5.91 Å². The molecule has 0 heterocycles. The maximum atomic E-state index is 11.5. The number of nitrogens with two attached hydrogens (primary N) is 1. The summed E-state index contributed by atoms with van der Waals surface area (Å²) in [5, 5.41) is 10.7. The monoisotopic (exact) mass is 267 g/mol. The molecule has 1 aromatic rings. The Morgan fingerprint density at radius 1 is 1.21 bits per heavy atom. The number of carbonyl (C=O) groups excluding carboxylic acids is 2. The van der Waals surface area contributed by atoms with Gasteiger partial charge in [-0.3, -0.25) is 9.63 Å². The third kappa shape index (κ3) is 5.50. The molecule has 1 rings (SSSR count). The summed E-state index contributed by atoms with van der Waals surface area (Å²) in [6.07, 6.45) is 0. The molecule has 0 aliphatic rings. The minimum absolute atomic E-state index is 0.257. The summed E-state index contributed by atoms with van der Waals surface area (Å²) in [4.78, 5) is 36.6. The number of urea groups is 1. The van der Waals surface area contributed by atoms with E-state index in [0.29, 0.717) is 5.56 Å². The first-order valence-electron chi connectivity index (χ1n) is 5.25. The second-order valence-electron chi connectivity index (χ2n) is 3.53. The Labute approximate surface area is 108 Å². The Kier molecular flexibility index (Phi) is 5.30. The number of amides is 3. The predicted molar refractivity (Wildman–Crippen MR) is 63.9 cm³/mol. The third-order valence-corrected chi connectivity index (χ3v) is 2.04. The van der Waals surface area contributed by atoms with Crippen molar-refractivity contribution < 1.29 is 24.3 Å². The van der Waals surface area contributed by atoms with E-state index in [1.54, 1.807) is 12.1 Å². The Morgan fingerprint density at radius 2 is 1.84 bits per heavy atom. The predicted octanol–water partition coefficient (Wildman–Crippen LogP) is -0.399. The molecule has 0 spiro atoms. The first kappa shape index (κ1) is 14.5. The van der Waals surface area contributed by atoms with Crippen LogP contribution >= 0.6 is 0 Å². The Balaban J connectivity index is 2.48. The zero-order valence-electron chi connectivity index (χ0n) is 9.88. The van der Waals surface area contributed by atoms with Crippen molar-refractivity contribution in [3.63, 3.8) is 0 Å². The van der Waals surface area contributed by atoms with Gasteiger partial charge in [0.2, 0.25) is 0 Å². The summed E-state index contributed by atoms with van der Waals surface area (Å²) in [6, 6.07) is 5.64. The van der Waals surface area contributed by atoms with Crippen LogP contribution in [0.15, 0.2) is 24.3 Å². The molecule has 0 atom stereocenters. The van der Waals surface area contributed by atoms with Crippen LogP contribution in [0.1, 0.15) is 15.9 Å². The normalized spacial score (nSPS) is 9.68. The minimum atomic E-state index is -1.19. The molecule has 5 N–H and O–H groups in total. The van der Waals surface area contributed by atoms with Crippen LogP contribution < -0.4 is 16.5 Å². The average Bonchev–Trinajstić information content (AvgIpc) is 2.36. The van der Waals surface area contributed by atoms with E-state index in [0.717, 1.165) is 5.56 Å². The van der Waals surface area contributed by atoms with E-state index in [4.69, 9.17) is 10.8 Å². The van der Waals surface area contributed by atoms with Gasteiger partial charge in [-0.15, -0.1) is 0 Å². The molecule has 0 aromatic heterocycles. The van der Waals surface area contributed by atoms with Crippen molar-refractivity contribution >= 4 is 17.9 Å². The number of nitrogens with one attached hydrogen (secondary N) is 2. The summed E-state index contributed by atoms with van der Waals surface area (Å²) in [6.45, 7) is -0.362. The lowest BCUT2D eigenvalue weighted by Gasteiger charge is -2.05. The van der Waals surface area contributed by atoms with E-state index in [1.807, 2.05) is 5.48 Å². The molecule has 0 unspecified atom stereocenters. The summed E-state index contributed by atoms with van der Waals surface area (Å²) < 4.78 is 0. The maximum Gasteiger partial charge on any atom is 0.332 e. The van der Waals surface area contributed by atoms with Crippen molar-refractivity contribution in [1.82, 2.24) is 10.8 Å². The number of carboxylic acid groups (broad SMARTS) is 1. The van der Waals surface area contributed by atoms with Crippen molar-refractivity contribution in [2.24, 2.45) is 5.73 Å². The number of primary amides is 1. The van der Waals surface area contributed by atoms with Gasteiger partial charge in [-0.25, -0.2) is 15.1 Å². The molecule has 0 radical (unpaired) electrons. The molecular formula is C11H13N3O5. The lowest BCUT2D eigenvalue weighted by molar-refractivity contribution is -0.144. The molecule has 0 bridgehead atoms. The van der Waals surface area contributed by atoms with Crippen molar-refractivity contribution in [3.05, 3.63) is 35.4 Å². The van der Waals surface area contributed by atoms with Gasteiger partial charge in [-0.2, -0.15) is 0 Å². The highest BCUT2D eigenvalue weighted by atomic mass is 16.7. The smallest absolute Gasteiger partial charge is 0.332 e. The fourth-order valence-electron chi connectivity index (χ4n) is 1.19. The first-order valence-corrected chi connectivity index (χ1v) is 5.25. The number of aliphatic carboxylic acids is 1. The molecule has 3 amide bonds. The topological polar surface area (TPSA) is 131 Å². The molecule has 0 aliphatic heterocycles. The van der Waals surface area contributed by atoms with E-state index in [2.05, 4.69) is 10.2 Å². The molecule has 102 valence electrons. The Bertz CT molecular complexity index is 472. The van der Waals surface area contributed by atoms with Crippen molar-refractivity contribution in [3.8, 4) is 0 Å². The SMILES string of the molecule is NC(=O)NCc1ccc(C(=O)NOCC(=O)O)cc1. The van der Waals surface area contributed by atoms with Crippen LogP contribution in [0.5, 0.6) is 0 Å². The summed E-state index contributed by atoms with van der Waals surface area (Å²) in [5.74, 6) is -1.75. The molecule has 8 heteroatoms. The number of rotatable bonds is 6. The zero-order valence-corrected chi connectivity index (χ0v) is 9.88. The largest absolute Gasteiger partial charge is 0.479 e. The van der Waals surface area contributed by atoms with Gasteiger partial charge in [0, 0.05) is 12.1 Å². The maximum absolute atomic E-state index is 11.5. The number of hydroxylamine groups is 1. The lowest BCUT2D eigenvalue weighted by Crippen LogP contribution is -2.28. The Hall–Kier alpha value is -2.61. The highest BCUT2D eigenvalue weighted by molar-refractivity contribution is 5.93. The third-order valence-electron chi connectivity index (χ3n) is 2.04. The first-order chi connectivity index (χ1) is 8.99. The van der Waals surface area contributed by atoms with Crippen LogP contribution in [-0.4, -0.2) is 29.6 Å². The van der Waals surface area contributed by atoms with Crippen LogP contribution in [0, 0.1) is 0 Å². The van der Waals surface area contributed by atoms with Gasteiger partial charge in [-0.05, 0) is 17.7 Å². The van der Waals surface area contributed by atoms with Crippen LogP contribution in [0.2, 0.25) is 0 Å². The number of hydrogen-bond acceptors (Lipinski definition) is 4. The summed E-state index contributed by atoms with van der Waals surface area (Å²) >= 11 is 0. The quantitative estimate of drug-likeness (QED) is 0.521. The second kappa shape index (κ2) is 6.97. The molecule has 1 aromatic carbocycles. The summed E-state index contributed by atoms with van der Waals surface area (Å²) in [5.41, 5.74) is 7.97. The number of benzene rings is 1. The highest BCUT2D eigenvalue weighted by Gasteiger charge is 2.06. The number of carboxylic acids is 1. The van der Waals surface area contributed by atoms with Gasteiger partial charge in [0.1, 0.15) is 0 Å². The molecule has 0 aliphatic carbocycles. The second-order valence-corrected chi connectivity index (χ2v) is 3.53. The fourth-order valence-corrected chi connectivity index (χ4v) is 1.19. The standard InChI is InChI=1S/C11H13N3O5/c12-11(18)13-5-7-1-3-8(4-2-7)10(17)14-19-6-9(15)16/h1-4H,5-6H2,(H,14,17)(H,15,16)(H3,12,13,18). The zero-order chi connectivity index (χ0) is 14.3. The van der Waals surface area contributed by atoms with Crippen LogP contribution in [0.25, 0.3) is 0 Å². The van der Waals surface area contributed by atoms with Gasteiger partial charge in [0.15, 0.2) is 6.61 Å². The Morgan fingerprint density at radius 3 is 2.37 bits per heavy atom. The molecule has 0 fully saturated rings. The van der Waals surface area contributed by atoms with E-state index in [-0.39, 0.29) is 6.54 Å². The highest BCUT2D eigenvalue weighted by Crippen LogP contribution is 2.04. The van der Waals surface area contributed by atoms with E-state index < -0.39 is 24.5 Å². The minimum Gasteiger partial charge on any atom is -0.479 e. The van der Waals surface area contributed by atoms with Crippen LogP contribution in [0.4, 0.5) is 4.79 Å². The fraction of sp³-hybridized carbons (Fsp3) is 0.182. The molecule has 0 saturated carbocycles. The molecule has 19 heavy (non-hydrogen) atoms. The molecular weight excluding hydrogens is 254 g/mol. The van der Waals surface area contributed by atoms with E-state index >= 15 is 0 Å². The average molecular weight is 267 g/mol. The van der Waals surface area contributed by atoms with Crippen LogP contribution in [-0.2, 0) is 16.2 Å². The van der Waals surface area contributed by atoms with Crippen molar-refractivity contribution in [1.29, 1.82) is 0 Å². The summed E-state index contributed by atoms with van der Waals surface area (Å²) in [7, 11) is 0. The molecule has 8 nitrogen and oxygen atoms in total. The van der Waals surface area contributed by atoms with E-state index in [9.17, 15) is 14.4 Å². The van der Waals surface area contributed by atoms with Crippen molar-refractivity contribution in [2.75, 3.05) is 6.61 Å². The number of carbonyl (C=O) groups is 3. The molecule has 0 saturated heterocycles. The number of hydrogen-bond donors (Lipinski definition) is 4. The van der Waals surface area contributed by atoms with Crippen molar-refractivity contribution in [2.45, 2.75) is 6.54 Å². The van der Waals surface area contributed by atoms with E-state index in [1.165, 1.54) is 12.1 Å². The van der Waals surface area contributed by atoms with Crippen LogP contribution in [0.3, 0.4) is 0 Å². The van der Waals surface area contributed by atoms with Gasteiger partial charge < -0.3 is 16.2 Å². The van der Waals surface area contributed by atoms with Gasteiger partial charge in [0.05, 0.1) is 0 Å². The lowest BCUT2D eigenvalue weighted by atomic mass is 10.1. The van der Waals surface area contributed by atoms with Gasteiger partial charge in [-0.1, -0.05) is 12.1 Å². The van der Waals surface area contributed by atoms with Gasteiger partial charge >= 0.3 is 12.0 Å².